The van der Waals surface area contributed by atoms with Crippen molar-refractivity contribution in [3.05, 3.63) is 69.8 Å². The Bertz CT molecular complexity index is 1070. The first-order valence-corrected chi connectivity index (χ1v) is 8.89. The van der Waals surface area contributed by atoms with E-state index in [2.05, 4.69) is 18.0 Å². The Morgan fingerprint density at radius 1 is 1.19 bits per heavy atom. The Hall–Kier alpha value is -2.95. The number of carbonyl (C=O) groups is 1. The maximum Gasteiger partial charge on any atom is 0.261 e. The Balaban J connectivity index is 1.67. The summed E-state index contributed by atoms with van der Waals surface area (Å²) < 4.78 is 1.41. The van der Waals surface area contributed by atoms with E-state index < -0.39 is 0 Å². The van der Waals surface area contributed by atoms with Gasteiger partial charge in [-0.2, -0.15) is 0 Å². The first-order valence-electron chi connectivity index (χ1n) is 8.89. The van der Waals surface area contributed by atoms with Gasteiger partial charge in [0.25, 0.3) is 5.56 Å². The zero-order valence-electron chi connectivity index (χ0n) is 15.0. The Morgan fingerprint density at radius 2 is 2.04 bits per heavy atom. The number of aromatic nitrogens is 2. The SMILES string of the molecule is Cc1ccc2c(c1)CCCN2C(=O)Cn1cnc2c(C)cccc2c1=O. The maximum atomic E-state index is 12.9. The van der Waals surface area contributed by atoms with Crippen molar-refractivity contribution in [3.8, 4) is 0 Å². The molecule has 0 unspecified atom stereocenters. The molecule has 26 heavy (non-hydrogen) atoms. The second kappa shape index (κ2) is 6.41. The number of amides is 1. The van der Waals surface area contributed by atoms with Crippen LogP contribution in [0.2, 0.25) is 0 Å². The first-order chi connectivity index (χ1) is 12.5. The highest BCUT2D eigenvalue weighted by Crippen LogP contribution is 2.28. The number of benzene rings is 2. The summed E-state index contributed by atoms with van der Waals surface area (Å²) in [6.07, 6.45) is 3.40. The molecule has 1 aliphatic rings. The Kier molecular flexibility index (Phi) is 4.07. The zero-order valence-corrected chi connectivity index (χ0v) is 15.0. The van der Waals surface area contributed by atoms with Crippen molar-refractivity contribution in [1.82, 2.24) is 9.55 Å². The fourth-order valence-corrected chi connectivity index (χ4v) is 3.67. The summed E-state index contributed by atoms with van der Waals surface area (Å²) >= 11 is 0. The molecular weight excluding hydrogens is 326 g/mol. The molecule has 0 saturated heterocycles. The molecule has 1 amide bonds. The van der Waals surface area contributed by atoms with Crippen LogP contribution in [-0.4, -0.2) is 22.0 Å². The number of anilines is 1. The van der Waals surface area contributed by atoms with E-state index in [1.165, 1.54) is 22.0 Å². The summed E-state index contributed by atoms with van der Waals surface area (Å²) in [5, 5.41) is 0.551. The molecule has 2 heterocycles. The molecule has 0 saturated carbocycles. The van der Waals surface area contributed by atoms with Crippen molar-refractivity contribution in [2.75, 3.05) is 11.4 Å². The number of para-hydroxylation sites is 1. The van der Waals surface area contributed by atoms with Gasteiger partial charge in [-0.1, -0.05) is 29.8 Å². The average Bonchev–Trinajstić information content (AvgIpc) is 2.63. The Labute approximate surface area is 151 Å². The normalized spacial score (nSPS) is 13.7. The predicted molar refractivity (Wildman–Crippen MR) is 103 cm³/mol. The largest absolute Gasteiger partial charge is 0.311 e. The van der Waals surface area contributed by atoms with Gasteiger partial charge in [0.05, 0.1) is 17.2 Å². The van der Waals surface area contributed by atoms with E-state index in [4.69, 9.17) is 0 Å². The van der Waals surface area contributed by atoms with Crippen molar-refractivity contribution in [1.29, 1.82) is 0 Å². The molecule has 132 valence electrons. The van der Waals surface area contributed by atoms with E-state index in [0.717, 1.165) is 24.1 Å². The van der Waals surface area contributed by atoms with Crippen molar-refractivity contribution in [3.63, 3.8) is 0 Å². The molecule has 0 N–H and O–H groups in total. The lowest BCUT2D eigenvalue weighted by molar-refractivity contribution is -0.119. The van der Waals surface area contributed by atoms with E-state index in [0.29, 0.717) is 17.4 Å². The smallest absolute Gasteiger partial charge is 0.261 e. The van der Waals surface area contributed by atoms with Gasteiger partial charge in [0, 0.05) is 12.2 Å². The number of hydrogen-bond donors (Lipinski definition) is 0. The third-order valence-electron chi connectivity index (χ3n) is 5.02. The highest BCUT2D eigenvalue weighted by molar-refractivity contribution is 5.94. The van der Waals surface area contributed by atoms with Crippen molar-refractivity contribution in [2.45, 2.75) is 33.2 Å². The minimum atomic E-state index is -0.173. The molecule has 2 aromatic carbocycles. The summed E-state index contributed by atoms with van der Waals surface area (Å²) in [7, 11) is 0. The highest BCUT2D eigenvalue weighted by Gasteiger charge is 2.23. The lowest BCUT2D eigenvalue weighted by atomic mass is 9.99. The summed E-state index contributed by atoms with van der Waals surface area (Å²) in [5.41, 5.74) is 4.84. The van der Waals surface area contributed by atoms with Crippen LogP contribution in [0, 0.1) is 13.8 Å². The number of hydrogen-bond acceptors (Lipinski definition) is 3. The number of carbonyl (C=O) groups excluding carboxylic acids is 1. The third-order valence-corrected chi connectivity index (χ3v) is 5.02. The van der Waals surface area contributed by atoms with Crippen LogP contribution in [0.5, 0.6) is 0 Å². The van der Waals surface area contributed by atoms with Gasteiger partial charge in [-0.25, -0.2) is 4.98 Å². The van der Waals surface area contributed by atoms with E-state index in [-0.39, 0.29) is 18.0 Å². The number of rotatable bonds is 2. The van der Waals surface area contributed by atoms with E-state index in [9.17, 15) is 9.59 Å². The highest BCUT2D eigenvalue weighted by atomic mass is 16.2. The van der Waals surface area contributed by atoms with Crippen LogP contribution in [-0.2, 0) is 17.8 Å². The molecule has 5 nitrogen and oxygen atoms in total. The number of aryl methyl sites for hydroxylation is 3. The van der Waals surface area contributed by atoms with Gasteiger partial charge in [-0.15, -0.1) is 0 Å². The van der Waals surface area contributed by atoms with Crippen LogP contribution >= 0.6 is 0 Å². The molecular formula is C21H21N3O2. The van der Waals surface area contributed by atoms with Gasteiger partial charge in [0.15, 0.2) is 0 Å². The van der Waals surface area contributed by atoms with Crippen LogP contribution in [0.4, 0.5) is 5.69 Å². The molecule has 0 bridgehead atoms. The van der Waals surface area contributed by atoms with Crippen molar-refractivity contribution < 1.29 is 4.79 Å². The van der Waals surface area contributed by atoms with Gasteiger partial charge in [0.1, 0.15) is 6.54 Å². The molecule has 3 aromatic rings. The topological polar surface area (TPSA) is 55.2 Å². The minimum Gasteiger partial charge on any atom is -0.311 e. The fourth-order valence-electron chi connectivity index (χ4n) is 3.67. The lowest BCUT2D eigenvalue weighted by Gasteiger charge is -2.30. The average molecular weight is 347 g/mol. The second-order valence-corrected chi connectivity index (χ2v) is 6.93. The lowest BCUT2D eigenvalue weighted by Crippen LogP contribution is -2.39. The second-order valence-electron chi connectivity index (χ2n) is 6.93. The molecule has 0 spiro atoms. The standard InChI is InChI=1S/C21H21N3O2/c1-14-8-9-18-16(11-14)6-4-10-24(18)19(25)12-23-13-22-20-15(2)5-3-7-17(20)21(23)26/h3,5,7-9,11,13H,4,6,10,12H2,1-2H3. The molecule has 0 fully saturated rings. The molecule has 0 radical (unpaired) electrons. The van der Waals surface area contributed by atoms with Gasteiger partial charge in [-0.3, -0.25) is 14.2 Å². The molecule has 4 rings (SSSR count). The van der Waals surface area contributed by atoms with Gasteiger partial charge >= 0.3 is 0 Å². The summed E-state index contributed by atoms with van der Waals surface area (Å²) in [5.74, 6) is -0.0780. The molecule has 5 heteroatoms. The van der Waals surface area contributed by atoms with Crippen LogP contribution in [0.25, 0.3) is 10.9 Å². The summed E-state index contributed by atoms with van der Waals surface area (Å²) in [4.78, 5) is 31.8. The number of nitrogens with zero attached hydrogens (tertiary/aromatic N) is 3. The van der Waals surface area contributed by atoms with Gasteiger partial charge < -0.3 is 4.90 Å². The van der Waals surface area contributed by atoms with Crippen LogP contribution < -0.4 is 10.5 Å². The predicted octanol–water partition coefficient (Wildman–Crippen LogP) is 2.99. The maximum absolute atomic E-state index is 12.9. The van der Waals surface area contributed by atoms with E-state index in [1.807, 2.05) is 31.2 Å². The molecule has 0 atom stereocenters. The molecule has 1 aliphatic heterocycles. The minimum absolute atomic E-state index is 0.00301. The van der Waals surface area contributed by atoms with Crippen LogP contribution in [0.15, 0.2) is 47.5 Å². The summed E-state index contributed by atoms with van der Waals surface area (Å²) in [6.45, 7) is 4.67. The quantitative estimate of drug-likeness (QED) is 0.716. The summed E-state index contributed by atoms with van der Waals surface area (Å²) in [6, 6.07) is 11.7. The third kappa shape index (κ3) is 2.79. The monoisotopic (exact) mass is 347 g/mol. The molecule has 0 aliphatic carbocycles. The van der Waals surface area contributed by atoms with Gasteiger partial charge in [0.2, 0.25) is 5.91 Å². The Morgan fingerprint density at radius 3 is 2.88 bits per heavy atom. The fraction of sp³-hybridized carbons (Fsp3) is 0.286. The van der Waals surface area contributed by atoms with Gasteiger partial charge in [-0.05, 0) is 49.9 Å². The first kappa shape index (κ1) is 16.5. The van der Waals surface area contributed by atoms with Crippen molar-refractivity contribution >= 4 is 22.5 Å². The van der Waals surface area contributed by atoms with Crippen LogP contribution in [0.1, 0.15) is 23.1 Å². The van der Waals surface area contributed by atoms with E-state index in [1.54, 1.807) is 11.0 Å². The zero-order chi connectivity index (χ0) is 18.3. The van der Waals surface area contributed by atoms with E-state index >= 15 is 0 Å². The van der Waals surface area contributed by atoms with Crippen molar-refractivity contribution in [2.24, 2.45) is 0 Å². The van der Waals surface area contributed by atoms with Crippen LogP contribution in [0.3, 0.4) is 0 Å². The molecule has 1 aromatic heterocycles. The number of fused-ring (bicyclic) bond motifs is 2.